The minimum absolute atomic E-state index is 0.148. The van der Waals surface area contributed by atoms with Crippen molar-refractivity contribution in [2.45, 2.75) is 32.4 Å². The van der Waals surface area contributed by atoms with Gasteiger partial charge in [0.1, 0.15) is 6.54 Å². The van der Waals surface area contributed by atoms with Crippen molar-refractivity contribution in [3.05, 3.63) is 0 Å². The molecule has 1 aliphatic carbocycles. The van der Waals surface area contributed by atoms with Crippen LogP contribution in [0.4, 0.5) is 18.0 Å². The number of carbonyl (C=O) groups excluding carboxylic acids is 1. The molecule has 88 valence electrons. The van der Waals surface area contributed by atoms with Crippen LogP contribution in [0.15, 0.2) is 0 Å². The van der Waals surface area contributed by atoms with E-state index in [4.69, 9.17) is 0 Å². The molecule has 3 nitrogen and oxygen atoms in total. The van der Waals surface area contributed by atoms with Crippen LogP contribution in [-0.4, -0.2) is 25.3 Å². The van der Waals surface area contributed by atoms with Crippen LogP contribution in [0.1, 0.15) is 26.2 Å². The van der Waals surface area contributed by atoms with Gasteiger partial charge in [-0.05, 0) is 24.7 Å². The van der Waals surface area contributed by atoms with Crippen LogP contribution in [0.3, 0.4) is 0 Å². The number of halogens is 3. The molecule has 6 heteroatoms. The van der Waals surface area contributed by atoms with Gasteiger partial charge in [0, 0.05) is 6.54 Å². The van der Waals surface area contributed by atoms with Crippen molar-refractivity contribution in [1.29, 1.82) is 0 Å². The van der Waals surface area contributed by atoms with E-state index >= 15 is 0 Å². The van der Waals surface area contributed by atoms with Gasteiger partial charge in [-0.15, -0.1) is 0 Å². The van der Waals surface area contributed by atoms with Crippen LogP contribution in [-0.2, 0) is 0 Å². The maximum absolute atomic E-state index is 11.7. The highest BCUT2D eigenvalue weighted by atomic mass is 19.4. The van der Waals surface area contributed by atoms with Crippen LogP contribution in [0, 0.1) is 5.41 Å². The molecule has 0 atom stereocenters. The largest absolute Gasteiger partial charge is 0.405 e. The monoisotopic (exact) mass is 224 g/mol. The maximum atomic E-state index is 11.7. The summed E-state index contributed by atoms with van der Waals surface area (Å²) in [6.45, 7) is 1.20. The molecule has 0 heterocycles. The molecule has 1 rings (SSSR count). The molecule has 0 aliphatic heterocycles. The van der Waals surface area contributed by atoms with Crippen LogP contribution >= 0.6 is 0 Å². The maximum Gasteiger partial charge on any atom is 0.405 e. The topological polar surface area (TPSA) is 41.1 Å². The lowest BCUT2D eigenvalue weighted by atomic mass is 10.0. The van der Waals surface area contributed by atoms with Crippen molar-refractivity contribution in [1.82, 2.24) is 10.6 Å². The van der Waals surface area contributed by atoms with Gasteiger partial charge in [-0.2, -0.15) is 13.2 Å². The first-order valence-electron chi connectivity index (χ1n) is 4.95. The molecule has 0 radical (unpaired) electrons. The highest BCUT2D eigenvalue weighted by Crippen LogP contribution is 2.47. The molecule has 1 saturated carbocycles. The molecule has 0 saturated heterocycles. The average molecular weight is 224 g/mol. The van der Waals surface area contributed by atoms with E-state index < -0.39 is 18.8 Å². The first-order valence-corrected chi connectivity index (χ1v) is 4.95. The molecular weight excluding hydrogens is 209 g/mol. The molecule has 2 N–H and O–H groups in total. The molecule has 0 aromatic heterocycles. The summed E-state index contributed by atoms with van der Waals surface area (Å²) in [7, 11) is 0. The van der Waals surface area contributed by atoms with E-state index in [1.165, 1.54) is 0 Å². The predicted octanol–water partition coefficient (Wildman–Crippen LogP) is 2.04. The third kappa shape index (κ3) is 4.40. The first kappa shape index (κ1) is 12.1. The van der Waals surface area contributed by atoms with Crippen molar-refractivity contribution >= 4 is 6.03 Å². The van der Waals surface area contributed by atoms with Gasteiger partial charge in [0.2, 0.25) is 0 Å². The lowest BCUT2D eigenvalue weighted by Gasteiger charge is -2.14. The normalized spacial score (nSPS) is 18.4. The van der Waals surface area contributed by atoms with Gasteiger partial charge in [0.05, 0.1) is 0 Å². The Hall–Kier alpha value is -0.940. The van der Waals surface area contributed by atoms with E-state index in [1.807, 2.05) is 6.92 Å². The second-order valence-electron chi connectivity index (χ2n) is 4.00. The number of rotatable bonds is 4. The van der Waals surface area contributed by atoms with Crippen LogP contribution in [0.2, 0.25) is 0 Å². The summed E-state index contributed by atoms with van der Waals surface area (Å²) in [6.07, 6.45) is -1.31. The quantitative estimate of drug-likeness (QED) is 0.753. The Balaban J connectivity index is 2.14. The molecule has 15 heavy (non-hydrogen) atoms. The van der Waals surface area contributed by atoms with Gasteiger partial charge in [-0.1, -0.05) is 6.92 Å². The lowest BCUT2D eigenvalue weighted by Crippen LogP contribution is -2.42. The number of hydrogen-bond donors (Lipinski definition) is 2. The fourth-order valence-electron chi connectivity index (χ4n) is 1.34. The second-order valence-corrected chi connectivity index (χ2v) is 4.00. The Kier molecular flexibility index (Phi) is 3.46. The van der Waals surface area contributed by atoms with Crippen molar-refractivity contribution in [3.63, 3.8) is 0 Å². The lowest BCUT2D eigenvalue weighted by molar-refractivity contribution is -0.122. The molecule has 0 bridgehead atoms. The van der Waals surface area contributed by atoms with E-state index in [-0.39, 0.29) is 5.41 Å². The molecule has 1 aliphatic rings. The van der Waals surface area contributed by atoms with Crippen molar-refractivity contribution < 1.29 is 18.0 Å². The zero-order chi connectivity index (χ0) is 11.5. The van der Waals surface area contributed by atoms with Gasteiger partial charge in [-0.3, -0.25) is 0 Å². The number of hydrogen-bond acceptors (Lipinski definition) is 1. The highest BCUT2D eigenvalue weighted by Gasteiger charge is 2.40. The Morgan fingerprint density at radius 2 is 1.93 bits per heavy atom. The summed E-state index contributed by atoms with van der Waals surface area (Å²) in [4.78, 5) is 11.0. The fourth-order valence-corrected chi connectivity index (χ4v) is 1.34. The van der Waals surface area contributed by atoms with Crippen LogP contribution < -0.4 is 10.6 Å². The smallest absolute Gasteiger partial charge is 0.338 e. The van der Waals surface area contributed by atoms with E-state index in [1.54, 1.807) is 5.32 Å². The van der Waals surface area contributed by atoms with Gasteiger partial charge >= 0.3 is 12.2 Å². The average Bonchev–Trinajstić information content (AvgIpc) is 2.91. The SMILES string of the molecule is CCC1(CNC(=O)NCC(F)(F)F)CC1. The highest BCUT2D eigenvalue weighted by molar-refractivity contribution is 5.73. The fraction of sp³-hybridized carbons (Fsp3) is 0.889. The van der Waals surface area contributed by atoms with Crippen molar-refractivity contribution in [3.8, 4) is 0 Å². The minimum Gasteiger partial charge on any atom is -0.338 e. The van der Waals surface area contributed by atoms with Crippen LogP contribution in [0.25, 0.3) is 0 Å². The summed E-state index contributed by atoms with van der Waals surface area (Å²) in [5.41, 5.74) is 0.148. The van der Waals surface area contributed by atoms with Gasteiger partial charge < -0.3 is 10.6 Å². The van der Waals surface area contributed by atoms with E-state index in [2.05, 4.69) is 5.32 Å². The molecule has 0 unspecified atom stereocenters. The molecular formula is C9H15F3N2O. The Bertz CT molecular complexity index is 236. The molecule has 0 aromatic rings. The molecule has 1 fully saturated rings. The van der Waals surface area contributed by atoms with E-state index in [9.17, 15) is 18.0 Å². The zero-order valence-corrected chi connectivity index (χ0v) is 8.58. The summed E-state index contributed by atoms with van der Waals surface area (Å²) >= 11 is 0. The predicted molar refractivity (Wildman–Crippen MR) is 49.4 cm³/mol. The Morgan fingerprint density at radius 3 is 2.33 bits per heavy atom. The van der Waals surface area contributed by atoms with Gasteiger partial charge in [0.15, 0.2) is 0 Å². The molecule has 0 aromatic carbocycles. The molecule has 0 spiro atoms. The van der Waals surface area contributed by atoms with Crippen LogP contribution in [0.5, 0.6) is 0 Å². The number of nitrogens with one attached hydrogen (secondary N) is 2. The summed E-state index contributed by atoms with van der Waals surface area (Å²) < 4.78 is 35.2. The zero-order valence-electron chi connectivity index (χ0n) is 8.58. The molecule has 2 amide bonds. The first-order chi connectivity index (χ1) is 6.87. The summed E-state index contributed by atoms with van der Waals surface area (Å²) in [5.74, 6) is 0. The third-order valence-corrected chi connectivity index (χ3v) is 2.78. The van der Waals surface area contributed by atoms with Gasteiger partial charge in [-0.25, -0.2) is 4.79 Å². The summed E-state index contributed by atoms with van der Waals surface area (Å²) in [5, 5.41) is 4.23. The summed E-state index contributed by atoms with van der Waals surface area (Å²) in [6, 6.07) is -0.743. The Morgan fingerprint density at radius 1 is 1.33 bits per heavy atom. The number of alkyl halides is 3. The number of urea groups is 1. The number of carbonyl (C=O) groups is 1. The number of amides is 2. The standard InChI is InChI=1S/C9H15F3N2O/c1-2-8(3-4-8)5-13-7(15)14-6-9(10,11)12/h2-6H2,1H3,(H2,13,14,15). The van der Waals surface area contributed by atoms with Crippen molar-refractivity contribution in [2.75, 3.05) is 13.1 Å². The van der Waals surface area contributed by atoms with E-state index in [0.717, 1.165) is 19.3 Å². The minimum atomic E-state index is -4.35. The Labute approximate surface area is 86.4 Å². The third-order valence-electron chi connectivity index (χ3n) is 2.78. The van der Waals surface area contributed by atoms with Crippen molar-refractivity contribution in [2.24, 2.45) is 5.41 Å². The van der Waals surface area contributed by atoms with Gasteiger partial charge in [0.25, 0.3) is 0 Å². The second kappa shape index (κ2) is 4.28. The van der Waals surface area contributed by atoms with E-state index in [0.29, 0.717) is 6.54 Å².